The molecule has 0 aliphatic heterocycles. The van der Waals surface area contributed by atoms with Crippen molar-refractivity contribution in [3.63, 3.8) is 0 Å². The van der Waals surface area contributed by atoms with Crippen LogP contribution in [0.2, 0.25) is 0 Å². The number of hydrogen-bond acceptors (Lipinski definition) is 2. The third kappa shape index (κ3) is 4.07. The molecule has 0 aliphatic rings. The largest absolute Gasteiger partial charge is 0.423 e. The molecule has 3 heteroatoms. The van der Waals surface area contributed by atoms with Gasteiger partial charge in [0.25, 0.3) is 0 Å². The maximum atomic E-state index is 12.4. The lowest BCUT2D eigenvalue weighted by Gasteiger charge is -2.12. The van der Waals surface area contributed by atoms with Gasteiger partial charge in [-0.1, -0.05) is 23.8 Å². The summed E-state index contributed by atoms with van der Waals surface area (Å²) >= 11 is 0. The number of hydrogen-bond donors (Lipinski definition) is 0. The molecule has 0 amide bonds. The fourth-order valence-electron chi connectivity index (χ4n) is 2.30. The first-order valence-electron chi connectivity index (χ1n) is 7.65. The lowest BCUT2D eigenvalue weighted by Crippen LogP contribution is -2.22. The Morgan fingerprint density at radius 3 is 2.26 bits per heavy atom. The topological polar surface area (TPSA) is 47.7 Å². The standard InChI is InChI=1S/C20H22O3/c1-13-9-10-17(14(2)11-13)23-19(22)16-8-6-7-15(12-16)18(21)20(3,4)5/h6-12H,1-5H3/p+1. The highest BCUT2D eigenvalue weighted by atomic mass is 16.5. The molecular formula is C20H23O3+. The van der Waals surface area contributed by atoms with Crippen LogP contribution >= 0.6 is 0 Å². The average molecular weight is 311 g/mol. The number of benzene rings is 2. The van der Waals surface area contributed by atoms with Gasteiger partial charge in [0.15, 0.2) is 0 Å². The van der Waals surface area contributed by atoms with E-state index in [0.29, 0.717) is 16.9 Å². The Hall–Kier alpha value is -2.42. The highest BCUT2D eigenvalue weighted by molar-refractivity contribution is 6.02. The van der Waals surface area contributed by atoms with E-state index in [1.165, 1.54) is 0 Å². The minimum atomic E-state index is -0.430. The van der Waals surface area contributed by atoms with Crippen LogP contribution in [0.5, 0.6) is 5.75 Å². The van der Waals surface area contributed by atoms with E-state index in [-0.39, 0.29) is 11.2 Å². The zero-order valence-electron chi connectivity index (χ0n) is 14.3. The van der Waals surface area contributed by atoms with Crippen molar-refractivity contribution in [2.45, 2.75) is 34.6 Å². The van der Waals surface area contributed by atoms with Crippen molar-refractivity contribution < 1.29 is 14.3 Å². The first-order chi connectivity index (χ1) is 10.7. The number of ketones is 1. The molecule has 3 nitrogen and oxygen atoms in total. The van der Waals surface area contributed by atoms with E-state index in [9.17, 15) is 9.59 Å². The van der Waals surface area contributed by atoms with Crippen molar-refractivity contribution in [3.8, 4) is 5.75 Å². The van der Waals surface area contributed by atoms with Gasteiger partial charge in [0.1, 0.15) is 5.75 Å². The van der Waals surface area contributed by atoms with E-state index in [1.807, 2.05) is 46.8 Å². The first kappa shape index (κ1) is 16.9. The highest BCUT2D eigenvalue weighted by Gasteiger charge is 2.30. The van der Waals surface area contributed by atoms with Gasteiger partial charge in [-0.15, -0.1) is 0 Å². The van der Waals surface area contributed by atoms with Crippen molar-refractivity contribution in [1.82, 2.24) is 0 Å². The number of ether oxygens (including phenoxy) is 1. The van der Waals surface area contributed by atoms with Gasteiger partial charge in [0.2, 0.25) is 0 Å². The molecule has 0 aliphatic carbocycles. The molecule has 0 radical (unpaired) electrons. The van der Waals surface area contributed by atoms with Crippen LogP contribution in [0.1, 0.15) is 47.8 Å². The molecular weight excluding hydrogens is 288 g/mol. The van der Waals surface area contributed by atoms with E-state index in [1.54, 1.807) is 30.3 Å². The molecule has 2 aromatic rings. The van der Waals surface area contributed by atoms with Crippen molar-refractivity contribution in [1.29, 1.82) is 0 Å². The predicted octanol–water partition coefficient (Wildman–Crippen LogP) is 4.46. The SMILES string of the molecule is Cc1ccc(OC(=O)c2cccc(C(=[OH+])C(C)(C)C)c2)c(C)c1. The summed E-state index contributed by atoms with van der Waals surface area (Å²) in [7, 11) is 0. The van der Waals surface area contributed by atoms with Crippen LogP contribution in [0.3, 0.4) is 0 Å². The second-order valence-electron chi connectivity index (χ2n) is 6.84. The lowest BCUT2D eigenvalue weighted by molar-refractivity contribution is 0.0733. The van der Waals surface area contributed by atoms with Crippen LogP contribution in [-0.2, 0) is 0 Å². The zero-order valence-corrected chi connectivity index (χ0v) is 14.3. The molecule has 2 aromatic carbocycles. The molecule has 0 unspecified atom stereocenters. The maximum Gasteiger partial charge on any atom is 0.343 e. The Kier molecular flexibility index (Phi) is 4.69. The molecule has 0 spiro atoms. The molecule has 0 bridgehead atoms. The van der Waals surface area contributed by atoms with Crippen molar-refractivity contribution in [2.24, 2.45) is 5.41 Å². The Morgan fingerprint density at radius 1 is 1.00 bits per heavy atom. The normalized spacial score (nSPS) is 11.2. The van der Waals surface area contributed by atoms with Crippen LogP contribution in [0.15, 0.2) is 42.5 Å². The van der Waals surface area contributed by atoms with E-state index in [2.05, 4.69) is 0 Å². The lowest BCUT2D eigenvalue weighted by atomic mass is 9.86. The molecule has 23 heavy (non-hydrogen) atoms. The van der Waals surface area contributed by atoms with Gasteiger partial charge >= 0.3 is 11.8 Å². The van der Waals surface area contributed by atoms with E-state index in [4.69, 9.17) is 4.74 Å². The summed E-state index contributed by atoms with van der Waals surface area (Å²) < 4.78 is 5.48. The fraction of sp³-hybridized carbons (Fsp3) is 0.300. The van der Waals surface area contributed by atoms with Gasteiger partial charge in [0, 0.05) is 0 Å². The van der Waals surface area contributed by atoms with E-state index in [0.717, 1.165) is 11.1 Å². The fourth-order valence-corrected chi connectivity index (χ4v) is 2.30. The van der Waals surface area contributed by atoms with Gasteiger partial charge in [0.05, 0.1) is 16.5 Å². The molecule has 0 fully saturated rings. The molecule has 1 N–H and O–H groups in total. The number of carbonyl (C=O) groups is 1. The second kappa shape index (κ2) is 6.37. The Morgan fingerprint density at radius 2 is 1.65 bits per heavy atom. The number of esters is 1. The minimum Gasteiger partial charge on any atom is -0.423 e. The predicted molar refractivity (Wildman–Crippen MR) is 92.8 cm³/mol. The number of carbonyl (C=O) groups excluding carboxylic acids is 2. The molecule has 0 heterocycles. The summed E-state index contributed by atoms with van der Waals surface area (Å²) in [5, 5.41) is 0. The summed E-state index contributed by atoms with van der Waals surface area (Å²) in [4.78, 5) is 22.7. The van der Waals surface area contributed by atoms with E-state index < -0.39 is 5.97 Å². The quantitative estimate of drug-likeness (QED) is 0.363. The summed E-state index contributed by atoms with van der Waals surface area (Å²) in [6.45, 7) is 9.66. The third-order valence-electron chi connectivity index (χ3n) is 3.62. The van der Waals surface area contributed by atoms with Crippen molar-refractivity contribution >= 4 is 11.8 Å². The van der Waals surface area contributed by atoms with Crippen LogP contribution in [0.4, 0.5) is 0 Å². The second-order valence-corrected chi connectivity index (χ2v) is 6.84. The van der Waals surface area contributed by atoms with Gasteiger partial charge in [-0.25, -0.2) is 4.79 Å². The summed E-state index contributed by atoms with van der Waals surface area (Å²) in [5.41, 5.74) is 2.70. The first-order valence-corrected chi connectivity index (χ1v) is 7.65. The summed E-state index contributed by atoms with van der Waals surface area (Å²) in [6.07, 6.45) is 0. The van der Waals surface area contributed by atoms with Crippen LogP contribution in [0.25, 0.3) is 0 Å². The average Bonchev–Trinajstić information content (AvgIpc) is 2.48. The maximum absolute atomic E-state index is 12.4. The van der Waals surface area contributed by atoms with Gasteiger partial charge < -0.3 is 4.74 Å². The monoisotopic (exact) mass is 311 g/mol. The van der Waals surface area contributed by atoms with Crippen LogP contribution in [-0.4, -0.2) is 16.5 Å². The minimum absolute atomic E-state index is 0.249. The molecule has 120 valence electrons. The van der Waals surface area contributed by atoms with Gasteiger partial charge in [-0.05, 0) is 64.4 Å². The van der Waals surface area contributed by atoms with Crippen molar-refractivity contribution in [2.75, 3.05) is 0 Å². The van der Waals surface area contributed by atoms with Crippen molar-refractivity contribution in [3.05, 3.63) is 64.7 Å². The van der Waals surface area contributed by atoms with Gasteiger partial charge in [-0.2, -0.15) is 0 Å². The smallest absolute Gasteiger partial charge is 0.343 e. The molecule has 0 aromatic heterocycles. The van der Waals surface area contributed by atoms with E-state index >= 15 is 0 Å². The van der Waals surface area contributed by atoms with Gasteiger partial charge in [-0.3, -0.25) is 4.79 Å². The zero-order chi connectivity index (χ0) is 17.2. The third-order valence-corrected chi connectivity index (χ3v) is 3.62. The molecule has 0 atom stereocenters. The molecule has 2 rings (SSSR count). The Balaban J connectivity index is 2.25. The number of aryl methyl sites for hydroxylation is 2. The molecule has 0 saturated carbocycles. The highest BCUT2D eigenvalue weighted by Crippen LogP contribution is 2.23. The Labute approximate surface area is 137 Å². The summed E-state index contributed by atoms with van der Waals surface area (Å²) in [6, 6.07) is 12.6. The molecule has 0 saturated heterocycles. The number of rotatable bonds is 3. The Bertz CT molecular complexity index is 752. The van der Waals surface area contributed by atoms with Crippen LogP contribution < -0.4 is 4.74 Å². The summed E-state index contributed by atoms with van der Waals surface area (Å²) in [5.74, 6) is 0.370. The van der Waals surface area contributed by atoms with Crippen LogP contribution in [0, 0.1) is 19.3 Å².